The molecular weight excluding hydrogens is 350 g/mol. The van der Waals surface area contributed by atoms with Crippen molar-refractivity contribution >= 4 is 16.9 Å². The van der Waals surface area contributed by atoms with Crippen molar-refractivity contribution in [2.45, 2.75) is 39.2 Å². The monoisotopic (exact) mass is 375 g/mol. The maximum absolute atomic E-state index is 13.3. The number of carbonyl (C=O) groups excluding carboxylic acids is 1. The highest BCUT2D eigenvalue weighted by molar-refractivity contribution is 5.97. The van der Waals surface area contributed by atoms with Gasteiger partial charge in [-0.2, -0.15) is 0 Å². The number of aromatic nitrogens is 2. The Morgan fingerprint density at radius 1 is 1.04 bits per heavy atom. The van der Waals surface area contributed by atoms with Gasteiger partial charge in [0.05, 0.1) is 6.54 Å². The van der Waals surface area contributed by atoms with E-state index in [1.54, 1.807) is 16.8 Å². The summed E-state index contributed by atoms with van der Waals surface area (Å²) in [4.78, 5) is 32.7. The number of fused-ring (bicyclic) bond motifs is 1. The molecule has 1 saturated heterocycles. The van der Waals surface area contributed by atoms with Gasteiger partial charge in [0.1, 0.15) is 11.2 Å². The third-order valence-corrected chi connectivity index (χ3v) is 5.43. The van der Waals surface area contributed by atoms with E-state index in [0.29, 0.717) is 12.2 Å². The molecule has 1 aliphatic rings. The quantitative estimate of drug-likeness (QED) is 0.700. The van der Waals surface area contributed by atoms with Crippen molar-refractivity contribution in [2.24, 2.45) is 0 Å². The predicted octanol–water partition coefficient (Wildman–Crippen LogP) is 3.77. The van der Waals surface area contributed by atoms with Gasteiger partial charge < -0.3 is 4.90 Å². The van der Waals surface area contributed by atoms with Crippen LogP contribution in [-0.2, 0) is 6.54 Å². The van der Waals surface area contributed by atoms with Gasteiger partial charge in [-0.1, -0.05) is 42.7 Å². The fourth-order valence-electron chi connectivity index (χ4n) is 3.83. The third-order valence-electron chi connectivity index (χ3n) is 5.43. The smallest absolute Gasteiger partial charge is 0.265 e. The van der Waals surface area contributed by atoms with E-state index >= 15 is 0 Å². The average molecular weight is 375 g/mol. The fourth-order valence-corrected chi connectivity index (χ4v) is 3.83. The van der Waals surface area contributed by atoms with Gasteiger partial charge in [0.25, 0.3) is 11.5 Å². The molecule has 28 heavy (non-hydrogen) atoms. The van der Waals surface area contributed by atoms with E-state index in [2.05, 4.69) is 4.98 Å². The number of amides is 1. The number of benzene rings is 1. The largest absolute Gasteiger partial charge is 0.338 e. The number of carbonyl (C=O) groups is 1. The van der Waals surface area contributed by atoms with Gasteiger partial charge in [0.15, 0.2) is 0 Å². The zero-order valence-corrected chi connectivity index (χ0v) is 16.2. The first-order chi connectivity index (χ1) is 13.6. The number of pyridine rings is 2. The van der Waals surface area contributed by atoms with Gasteiger partial charge in [-0.3, -0.25) is 14.2 Å². The molecule has 0 radical (unpaired) electrons. The second-order valence-corrected chi connectivity index (χ2v) is 7.56. The normalized spacial score (nSPS) is 14.8. The second kappa shape index (κ2) is 7.97. The van der Waals surface area contributed by atoms with E-state index in [9.17, 15) is 9.59 Å². The van der Waals surface area contributed by atoms with Crippen molar-refractivity contribution in [1.82, 2.24) is 14.5 Å². The number of aryl methyl sites for hydroxylation is 1. The zero-order chi connectivity index (χ0) is 19.5. The highest BCUT2D eigenvalue weighted by Gasteiger charge is 2.22. The molecule has 0 saturated carbocycles. The summed E-state index contributed by atoms with van der Waals surface area (Å²) in [6.45, 7) is 3.88. The summed E-state index contributed by atoms with van der Waals surface area (Å²) in [5.74, 6) is -0.157. The molecule has 0 unspecified atom stereocenters. The Labute approximate surface area is 164 Å². The molecule has 0 aliphatic carbocycles. The van der Waals surface area contributed by atoms with Crippen molar-refractivity contribution in [2.75, 3.05) is 13.1 Å². The Kier molecular flexibility index (Phi) is 5.24. The standard InChI is InChI=1S/C23H25N3O2/c1-17-8-10-18(11-9-17)16-26-21-19(7-6-12-24-21)15-20(23(26)28)22(27)25-13-4-2-3-5-14-25/h6-12,15H,2-5,13-14,16H2,1H3. The molecule has 5 nitrogen and oxygen atoms in total. The van der Waals surface area contributed by atoms with Crippen molar-refractivity contribution < 1.29 is 4.79 Å². The molecular formula is C23H25N3O2. The minimum Gasteiger partial charge on any atom is -0.338 e. The van der Waals surface area contributed by atoms with Crippen LogP contribution >= 0.6 is 0 Å². The van der Waals surface area contributed by atoms with Crippen LogP contribution in [0.15, 0.2) is 53.5 Å². The van der Waals surface area contributed by atoms with Crippen LogP contribution in [0.2, 0.25) is 0 Å². The third kappa shape index (κ3) is 3.70. The van der Waals surface area contributed by atoms with Crippen molar-refractivity contribution in [1.29, 1.82) is 0 Å². The molecule has 2 aromatic heterocycles. The van der Waals surface area contributed by atoms with Crippen LogP contribution in [0.25, 0.3) is 11.0 Å². The van der Waals surface area contributed by atoms with Crippen LogP contribution in [-0.4, -0.2) is 33.4 Å². The van der Waals surface area contributed by atoms with Gasteiger partial charge in [-0.15, -0.1) is 0 Å². The molecule has 0 bridgehead atoms. The zero-order valence-electron chi connectivity index (χ0n) is 16.2. The van der Waals surface area contributed by atoms with Gasteiger partial charge in [-0.05, 0) is 43.5 Å². The lowest BCUT2D eigenvalue weighted by atomic mass is 10.1. The summed E-state index contributed by atoms with van der Waals surface area (Å²) in [6.07, 6.45) is 5.97. The lowest BCUT2D eigenvalue weighted by Gasteiger charge is -2.21. The fraction of sp³-hybridized carbons (Fsp3) is 0.348. The highest BCUT2D eigenvalue weighted by Crippen LogP contribution is 2.17. The Morgan fingerprint density at radius 2 is 1.75 bits per heavy atom. The maximum atomic E-state index is 13.3. The molecule has 3 heterocycles. The molecule has 0 N–H and O–H groups in total. The second-order valence-electron chi connectivity index (χ2n) is 7.56. The molecule has 0 atom stereocenters. The Balaban J connectivity index is 1.79. The van der Waals surface area contributed by atoms with Crippen LogP contribution in [0.4, 0.5) is 0 Å². The first-order valence-corrected chi connectivity index (χ1v) is 9.97. The first-order valence-electron chi connectivity index (χ1n) is 9.97. The average Bonchev–Trinajstić information content (AvgIpc) is 3.00. The molecule has 4 rings (SSSR count). The number of hydrogen-bond acceptors (Lipinski definition) is 3. The van der Waals surface area contributed by atoms with Crippen molar-refractivity contribution in [3.63, 3.8) is 0 Å². The van der Waals surface area contributed by atoms with Crippen molar-refractivity contribution in [3.05, 3.63) is 75.7 Å². The van der Waals surface area contributed by atoms with Crippen LogP contribution in [0, 0.1) is 6.92 Å². The molecule has 0 spiro atoms. The summed E-state index contributed by atoms with van der Waals surface area (Å²) < 4.78 is 1.63. The van der Waals surface area contributed by atoms with Crippen LogP contribution in [0.3, 0.4) is 0 Å². The van der Waals surface area contributed by atoms with E-state index in [4.69, 9.17) is 0 Å². The molecule has 1 aliphatic heterocycles. The van der Waals surface area contributed by atoms with E-state index < -0.39 is 0 Å². The van der Waals surface area contributed by atoms with Crippen LogP contribution in [0.1, 0.15) is 47.2 Å². The lowest BCUT2D eigenvalue weighted by molar-refractivity contribution is 0.0759. The Hall–Kier alpha value is -2.95. The number of hydrogen-bond donors (Lipinski definition) is 0. The molecule has 5 heteroatoms. The maximum Gasteiger partial charge on any atom is 0.265 e. The summed E-state index contributed by atoms with van der Waals surface area (Å²) in [5, 5.41) is 0.812. The van der Waals surface area contributed by atoms with E-state index in [1.165, 1.54) is 5.56 Å². The van der Waals surface area contributed by atoms with E-state index in [1.807, 2.05) is 48.2 Å². The van der Waals surface area contributed by atoms with Gasteiger partial charge >= 0.3 is 0 Å². The van der Waals surface area contributed by atoms with E-state index in [-0.39, 0.29) is 17.0 Å². The topological polar surface area (TPSA) is 55.2 Å². The molecule has 1 fully saturated rings. The summed E-state index contributed by atoms with van der Waals surface area (Å²) in [5.41, 5.74) is 2.78. The summed E-state index contributed by atoms with van der Waals surface area (Å²) in [7, 11) is 0. The first kappa shape index (κ1) is 18.4. The number of rotatable bonds is 3. The lowest BCUT2D eigenvalue weighted by Crippen LogP contribution is -2.37. The predicted molar refractivity (Wildman–Crippen MR) is 111 cm³/mol. The van der Waals surface area contributed by atoms with Gasteiger partial charge in [-0.25, -0.2) is 4.98 Å². The highest BCUT2D eigenvalue weighted by atomic mass is 16.2. The molecule has 1 aromatic carbocycles. The molecule has 144 valence electrons. The van der Waals surface area contributed by atoms with Gasteiger partial charge in [0.2, 0.25) is 0 Å². The Morgan fingerprint density at radius 3 is 2.46 bits per heavy atom. The molecule has 1 amide bonds. The van der Waals surface area contributed by atoms with E-state index in [0.717, 1.165) is 49.7 Å². The van der Waals surface area contributed by atoms with Crippen LogP contribution in [0.5, 0.6) is 0 Å². The number of likely N-dealkylation sites (tertiary alicyclic amines) is 1. The van der Waals surface area contributed by atoms with Crippen molar-refractivity contribution in [3.8, 4) is 0 Å². The minimum atomic E-state index is -0.263. The summed E-state index contributed by atoms with van der Waals surface area (Å²) in [6, 6.07) is 13.5. The molecule has 3 aromatic rings. The van der Waals surface area contributed by atoms with Crippen LogP contribution < -0.4 is 5.56 Å². The minimum absolute atomic E-state index is 0.157. The SMILES string of the molecule is Cc1ccc(Cn2c(=O)c(C(=O)N3CCCCCC3)cc3cccnc32)cc1. The number of nitrogens with zero attached hydrogens (tertiary/aromatic N) is 3. The van der Waals surface area contributed by atoms with Gasteiger partial charge in [0, 0.05) is 24.7 Å². The summed E-state index contributed by atoms with van der Waals surface area (Å²) >= 11 is 0. The Bertz CT molecular complexity index is 1050.